The molecular weight excluding hydrogens is 457 g/mol. The van der Waals surface area contributed by atoms with Crippen LogP contribution >= 0.6 is 0 Å². The highest BCUT2D eigenvalue weighted by Crippen LogP contribution is 2.26. The van der Waals surface area contributed by atoms with E-state index < -0.39 is 18.1 Å². The van der Waals surface area contributed by atoms with E-state index in [2.05, 4.69) is 26.0 Å². The monoisotopic (exact) mass is 485 g/mol. The van der Waals surface area contributed by atoms with Crippen molar-refractivity contribution in [2.45, 2.75) is 43.6 Å². The lowest BCUT2D eigenvalue weighted by molar-refractivity contribution is -0.0609. The second kappa shape index (κ2) is 9.62. The first kappa shape index (κ1) is 23.2. The number of fused-ring (bicyclic) bond motifs is 1. The van der Waals surface area contributed by atoms with Crippen LogP contribution in [0.4, 0.5) is 21.7 Å². The van der Waals surface area contributed by atoms with Gasteiger partial charge in [0.25, 0.3) is 11.5 Å². The number of halogens is 1. The summed E-state index contributed by atoms with van der Waals surface area (Å²) >= 11 is 0. The number of carbonyl (C=O) groups is 1. The Morgan fingerprint density at radius 1 is 1.31 bits per heavy atom. The molecule has 186 valence electrons. The second-order valence-corrected chi connectivity index (χ2v) is 8.71. The maximum atomic E-state index is 13.7. The van der Waals surface area contributed by atoms with Gasteiger partial charge in [0, 0.05) is 33.0 Å². The largest absolute Gasteiger partial charge is 0.379 e. The molecule has 1 aliphatic heterocycles. The zero-order chi connectivity index (χ0) is 24.5. The molecule has 0 bridgehead atoms. The van der Waals surface area contributed by atoms with Crippen LogP contribution < -0.4 is 21.5 Å². The fraction of sp³-hybridized carbons (Fsp3) is 0.478. The molecule has 1 saturated carbocycles. The van der Waals surface area contributed by atoms with Crippen molar-refractivity contribution in [2.24, 2.45) is 0 Å². The van der Waals surface area contributed by atoms with E-state index >= 15 is 0 Å². The highest BCUT2D eigenvalue weighted by molar-refractivity contribution is 6.00. The van der Waals surface area contributed by atoms with Gasteiger partial charge in [-0.3, -0.25) is 9.59 Å². The van der Waals surface area contributed by atoms with Crippen LogP contribution in [0.25, 0.3) is 5.65 Å². The number of hydrogen-bond acceptors (Lipinski definition) is 8. The van der Waals surface area contributed by atoms with E-state index in [0.717, 1.165) is 0 Å². The molecule has 5 rings (SSSR count). The van der Waals surface area contributed by atoms with Gasteiger partial charge in [-0.2, -0.15) is 9.61 Å². The molecular formula is C23H28FN7O4. The van der Waals surface area contributed by atoms with E-state index in [9.17, 15) is 14.0 Å². The number of pyridine rings is 1. The fourth-order valence-electron chi connectivity index (χ4n) is 4.48. The van der Waals surface area contributed by atoms with E-state index in [1.165, 1.54) is 10.7 Å². The van der Waals surface area contributed by atoms with Crippen molar-refractivity contribution in [2.75, 3.05) is 38.0 Å². The normalized spacial score (nSPS) is 24.1. The Morgan fingerprint density at radius 3 is 2.89 bits per heavy atom. The summed E-state index contributed by atoms with van der Waals surface area (Å²) in [4.78, 5) is 30.6. The molecule has 4 atom stereocenters. The number of nitrogens with one attached hydrogen (secondary N) is 3. The number of methoxy groups -OCH3 is 1. The van der Waals surface area contributed by atoms with Crippen LogP contribution in [-0.2, 0) is 9.47 Å². The SMILES string of the molecule is CNc1cc(Nc2cccn([C@H]3CCOC[C@H]3OC)c2=O)nc2c(C(=O)NC3CC[C@@H]3F)cnn12. The fourth-order valence-corrected chi connectivity index (χ4v) is 4.48. The number of amides is 1. The molecule has 2 aliphatic rings. The number of ether oxygens (including phenoxy) is 2. The molecule has 11 nitrogen and oxygen atoms in total. The molecule has 1 amide bonds. The van der Waals surface area contributed by atoms with Crippen molar-refractivity contribution < 1.29 is 18.7 Å². The Balaban J connectivity index is 1.46. The van der Waals surface area contributed by atoms with Gasteiger partial charge in [-0.1, -0.05) is 0 Å². The topological polar surface area (TPSA) is 124 Å². The Labute approximate surface area is 200 Å². The van der Waals surface area contributed by atoms with Gasteiger partial charge in [0.05, 0.1) is 24.9 Å². The van der Waals surface area contributed by atoms with Crippen molar-refractivity contribution in [1.82, 2.24) is 24.5 Å². The lowest BCUT2D eigenvalue weighted by atomic mass is 9.90. The zero-order valence-electron chi connectivity index (χ0n) is 19.5. The third kappa shape index (κ3) is 4.34. The summed E-state index contributed by atoms with van der Waals surface area (Å²) in [6.45, 7) is 0.972. The number of alkyl halides is 1. The molecule has 1 unspecified atom stereocenters. The molecule has 3 N–H and O–H groups in total. The van der Waals surface area contributed by atoms with Crippen LogP contribution in [0.5, 0.6) is 0 Å². The van der Waals surface area contributed by atoms with Gasteiger partial charge in [0.2, 0.25) is 0 Å². The third-order valence-electron chi connectivity index (χ3n) is 6.65. The Morgan fingerprint density at radius 2 is 2.17 bits per heavy atom. The van der Waals surface area contributed by atoms with Gasteiger partial charge in [0.15, 0.2) is 5.65 Å². The maximum Gasteiger partial charge on any atom is 0.274 e. The van der Waals surface area contributed by atoms with Gasteiger partial charge in [-0.25, -0.2) is 9.37 Å². The van der Waals surface area contributed by atoms with E-state index in [-0.39, 0.29) is 28.9 Å². The minimum atomic E-state index is -1.03. The van der Waals surface area contributed by atoms with Gasteiger partial charge in [-0.05, 0) is 31.4 Å². The first-order valence-corrected chi connectivity index (χ1v) is 11.6. The van der Waals surface area contributed by atoms with Gasteiger partial charge in [-0.15, -0.1) is 0 Å². The average Bonchev–Trinajstić information content (AvgIpc) is 3.31. The Hall–Kier alpha value is -3.51. The van der Waals surface area contributed by atoms with E-state index in [4.69, 9.17) is 9.47 Å². The zero-order valence-corrected chi connectivity index (χ0v) is 19.5. The third-order valence-corrected chi connectivity index (χ3v) is 6.65. The van der Waals surface area contributed by atoms with Gasteiger partial charge < -0.3 is 30.0 Å². The van der Waals surface area contributed by atoms with Crippen LogP contribution in [0.2, 0.25) is 0 Å². The smallest absolute Gasteiger partial charge is 0.274 e. The second-order valence-electron chi connectivity index (χ2n) is 8.71. The summed E-state index contributed by atoms with van der Waals surface area (Å²) in [7, 11) is 3.32. The van der Waals surface area contributed by atoms with Crippen LogP contribution in [-0.4, -0.2) is 70.8 Å². The minimum absolute atomic E-state index is 0.151. The van der Waals surface area contributed by atoms with Crippen LogP contribution in [0, 0.1) is 0 Å². The minimum Gasteiger partial charge on any atom is -0.379 e. The van der Waals surface area contributed by atoms with Crippen molar-refractivity contribution >= 4 is 28.9 Å². The molecule has 12 heteroatoms. The number of nitrogens with zero attached hydrogens (tertiary/aromatic N) is 4. The molecule has 0 spiro atoms. The predicted molar refractivity (Wildman–Crippen MR) is 127 cm³/mol. The molecule has 2 fully saturated rings. The van der Waals surface area contributed by atoms with Crippen LogP contribution in [0.3, 0.4) is 0 Å². The van der Waals surface area contributed by atoms with E-state index in [1.807, 2.05) is 0 Å². The van der Waals surface area contributed by atoms with Gasteiger partial charge in [0.1, 0.15) is 35.2 Å². The maximum absolute atomic E-state index is 13.7. The number of anilines is 3. The molecule has 0 radical (unpaired) electrons. The number of rotatable bonds is 7. The molecule has 35 heavy (non-hydrogen) atoms. The molecule has 1 aliphatic carbocycles. The van der Waals surface area contributed by atoms with Crippen molar-refractivity contribution in [1.29, 1.82) is 0 Å². The molecule has 0 aromatic carbocycles. The summed E-state index contributed by atoms with van der Waals surface area (Å²) in [5, 5.41) is 13.1. The van der Waals surface area contributed by atoms with Gasteiger partial charge >= 0.3 is 0 Å². The van der Waals surface area contributed by atoms with Crippen molar-refractivity contribution in [3.63, 3.8) is 0 Å². The Bertz CT molecular complexity index is 1290. The predicted octanol–water partition coefficient (Wildman–Crippen LogP) is 1.88. The van der Waals surface area contributed by atoms with Crippen molar-refractivity contribution in [3.05, 3.63) is 46.5 Å². The van der Waals surface area contributed by atoms with E-state index in [0.29, 0.717) is 49.8 Å². The highest BCUT2D eigenvalue weighted by atomic mass is 19.1. The molecule has 3 aromatic rings. The van der Waals surface area contributed by atoms with E-state index in [1.54, 1.807) is 43.1 Å². The molecule has 3 aromatic heterocycles. The first-order valence-electron chi connectivity index (χ1n) is 11.6. The Kier molecular flexibility index (Phi) is 6.39. The number of hydrogen-bond donors (Lipinski definition) is 3. The number of aromatic nitrogens is 4. The van der Waals surface area contributed by atoms with Crippen LogP contribution in [0.15, 0.2) is 35.4 Å². The molecule has 4 heterocycles. The summed E-state index contributed by atoms with van der Waals surface area (Å²) in [5.74, 6) is 0.475. The summed E-state index contributed by atoms with van der Waals surface area (Å²) < 4.78 is 27.8. The first-order chi connectivity index (χ1) is 17.0. The van der Waals surface area contributed by atoms with Crippen molar-refractivity contribution in [3.8, 4) is 0 Å². The lowest BCUT2D eigenvalue weighted by Gasteiger charge is -2.32. The summed E-state index contributed by atoms with van der Waals surface area (Å²) in [6.07, 6.45) is 3.59. The molecule has 1 saturated heterocycles. The quantitative estimate of drug-likeness (QED) is 0.464. The summed E-state index contributed by atoms with van der Waals surface area (Å²) in [6, 6.07) is 4.50. The standard InChI is InChI=1S/C23H28FN7O4/c1-25-20-10-19(29-21-13(11-26-31(20)21)22(32)28-15-6-5-14(15)24)27-16-4-3-8-30(23(16)33)17-7-9-35-12-18(17)34-2/h3-4,8,10-11,14-15,17-18,25H,5-7,9,12H2,1-2H3,(H,27,29)(H,28,32)/t14-,15?,17-,18+/m0/s1. The lowest BCUT2D eigenvalue weighted by Crippen LogP contribution is -2.48. The number of carbonyl (C=O) groups excluding carboxylic acids is 1. The average molecular weight is 486 g/mol. The summed E-state index contributed by atoms with van der Waals surface area (Å²) in [5.41, 5.74) is 0.610. The highest BCUT2D eigenvalue weighted by Gasteiger charge is 2.33. The van der Waals surface area contributed by atoms with Crippen LogP contribution in [0.1, 0.15) is 35.7 Å².